The van der Waals surface area contributed by atoms with E-state index in [-0.39, 0.29) is 21.5 Å². The van der Waals surface area contributed by atoms with Crippen LogP contribution in [0.1, 0.15) is 17.3 Å². The monoisotopic (exact) mass is 426 g/mol. The third-order valence-corrected chi connectivity index (χ3v) is 5.34. The Kier molecular flexibility index (Phi) is 7.88. The van der Waals surface area contributed by atoms with E-state index in [0.29, 0.717) is 12.0 Å². The van der Waals surface area contributed by atoms with Gasteiger partial charge in [0.1, 0.15) is 0 Å². The standard InChI is InChI=1S/C8H10AsNO5.C7H5NO3/c1-6(11)10-8-4-2-7(3-5-8)9(12,13)15-14;9-5-6-3-1-2-4-7(6)8(10)11/h2-5,14H,1H3,(H,10,11)(H,12,13);1-5H. The van der Waals surface area contributed by atoms with Crippen molar-refractivity contribution in [1.82, 2.24) is 0 Å². The maximum absolute atomic E-state index is 11.2. The number of para-hydroxylation sites is 1. The second kappa shape index (κ2) is 9.64. The van der Waals surface area contributed by atoms with Gasteiger partial charge in [-0.05, 0) is 6.07 Å². The topological polar surface area (TPSA) is 156 Å². The SMILES string of the molecule is CC(=O)Nc1ccc([As](=O)(O)OO)cc1.O=Cc1ccccc1[N+](=O)[O-]. The number of nitro groups is 1. The molecule has 1 unspecified atom stereocenters. The van der Waals surface area contributed by atoms with E-state index in [2.05, 4.69) is 9.19 Å². The van der Waals surface area contributed by atoms with Crippen LogP contribution in [-0.2, 0) is 12.4 Å². The van der Waals surface area contributed by atoms with Crippen molar-refractivity contribution in [3.05, 3.63) is 64.2 Å². The maximum Gasteiger partial charge on any atom is 0.279 e. The fraction of sp³-hybridized carbons (Fsp3) is 0.0667. The van der Waals surface area contributed by atoms with E-state index in [4.69, 9.17) is 9.35 Å². The van der Waals surface area contributed by atoms with Crippen LogP contribution < -0.4 is 9.67 Å². The molecule has 3 N–H and O–H groups in total. The minimum Gasteiger partial charge on any atom is -0.298 e. The Morgan fingerprint density at radius 2 is 1.81 bits per heavy atom. The third-order valence-electron chi connectivity index (χ3n) is 2.89. The van der Waals surface area contributed by atoms with Crippen LogP contribution in [0.3, 0.4) is 0 Å². The molecule has 1 atom stereocenters. The number of rotatable bonds is 5. The van der Waals surface area contributed by atoms with Gasteiger partial charge in [-0.15, -0.1) is 0 Å². The number of anilines is 1. The second-order valence-electron chi connectivity index (χ2n) is 4.76. The van der Waals surface area contributed by atoms with Crippen molar-refractivity contribution in [2.75, 3.05) is 5.32 Å². The Bertz CT molecular complexity index is 838. The number of hydrogen-bond acceptors (Lipinski definition) is 7. The molecule has 0 saturated heterocycles. The summed E-state index contributed by atoms with van der Waals surface area (Å²) in [4.78, 5) is 30.5. The molecule has 0 aromatic heterocycles. The number of aldehydes is 1. The summed E-state index contributed by atoms with van der Waals surface area (Å²) >= 11 is -4.76. The third kappa shape index (κ3) is 6.26. The molecule has 138 valence electrons. The number of nitrogens with zero attached hydrogens (tertiary/aromatic N) is 1. The molecule has 0 aliphatic carbocycles. The second-order valence-corrected chi connectivity index (χ2v) is 8.37. The fourth-order valence-corrected chi connectivity index (χ4v) is 3.04. The molecule has 0 aliphatic rings. The fourth-order valence-electron chi connectivity index (χ4n) is 1.74. The van der Waals surface area contributed by atoms with Gasteiger partial charge in [-0.25, -0.2) is 0 Å². The Balaban J connectivity index is 0.000000273. The summed E-state index contributed by atoms with van der Waals surface area (Å²) in [7, 11) is 0. The first kappa shape index (κ1) is 21.3. The molecule has 0 saturated carbocycles. The summed E-state index contributed by atoms with van der Waals surface area (Å²) in [5, 5.41) is 20.9. The van der Waals surface area contributed by atoms with E-state index in [1.165, 1.54) is 49.4 Å². The number of benzene rings is 2. The van der Waals surface area contributed by atoms with E-state index in [1.807, 2.05) is 0 Å². The van der Waals surface area contributed by atoms with E-state index in [1.54, 1.807) is 6.07 Å². The zero-order valence-corrected chi connectivity index (χ0v) is 15.3. The first-order valence-electron chi connectivity index (χ1n) is 6.94. The van der Waals surface area contributed by atoms with E-state index in [9.17, 15) is 23.4 Å². The molecule has 26 heavy (non-hydrogen) atoms. The van der Waals surface area contributed by atoms with Crippen molar-refractivity contribution in [2.24, 2.45) is 0 Å². The largest absolute Gasteiger partial charge is 0.298 e. The van der Waals surface area contributed by atoms with Crippen molar-refractivity contribution in [1.29, 1.82) is 0 Å². The predicted octanol–water partition coefficient (Wildman–Crippen LogP) is 1.11. The van der Waals surface area contributed by atoms with E-state index < -0.39 is 19.1 Å². The summed E-state index contributed by atoms with van der Waals surface area (Å²) in [6, 6.07) is 11.3. The number of amides is 1. The molecule has 0 bridgehead atoms. The number of carbonyl (C=O) groups excluding carboxylic acids is 2. The van der Waals surface area contributed by atoms with Gasteiger partial charge in [0.2, 0.25) is 0 Å². The summed E-state index contributed by atoms with van der Waals surface area (Å²) < 4.78 is 23.8. The molecular weight excluding hydrogens is 411 g/mol. The maximum atomic E-state index is 11.2. The molecule has 0 radical (unpaired) electrons. The van der Waals surface area contributed by atoms with Gasteiger partial charge < -0.3 is 0 Å². The molecule has 10 nitrogen and oxygen atoms in total. The average Bonchev–Trinajstić information content (AvgIpc) is 2.62. The number of hydrogen-bond donors (Lipinski definition) is 3. The van der Waals surface area contributed by atoms with E-state index >= 15 is 0 Å². The van der Waals surface area contributed by atoms with Gasteiger partial charge in [0.05, 0.1) is 10.5 Å². The summed E-state index contributed by atoms with van der Waals surface area (Å²) in [5.41, 5.74) is 0.458. The quantitative estimate of drug-likeness (QED) is 0.211. The normalized spacial score (nSPS) is 12.1. The Morgan fingerprint density at radius 1 is 1.23 bits per heavy atom. The molecule has 0 fully saturated rings. The van der Waals surface area contributed by atoms with Crippen LogP contribution in [0.5, 0.6) is 0 Å². The van der Waals surface area contributed by atoms with Crippen molar-refractivity contribution in [2.45, 2.75) is 6.92 Å². The Hall–Kier alpha value is -2.78. The van der Waals surface area contributed by atoms with Crippen molar-refractivity contribution in [3.8, 4) is 0 Å². The van der Waals surface area contributed by atoms with Crippen molar-refractivity contribution < 1.29 is 31.5 Å². The van der Waals surface area contributed by atoms with Crippen LogP contribution in [0.15, 0.2) is 48.5 Å². The zero-order valence-electron chi connectivity index (χ0n) is 13.4. The van der Waals surface area contributed by atoms with Gasteiger partial charge in [-0.2, -0.15) is 0 Å². The Morgan fingerprint density at radius 3 is 2.23 bits per heavy atom. The molecule has 2 rings (SSSR count). The van der Waals surface area contributed by atoms with Gasteiger partial charge in [0.25, 0.3) is 5.69 Å². The number of nitro benzene ring substituents is 1. The van der Waals surface area contributed by atoms with Gasteiger partial charge in [-0.1, -0.05) is 12.1 Å². The summed E-state index contributed by atoms with van der Waals surface area (Å²) in [6.07, 6.45) is 0.470. The van der Waals surface area contributed by atoms with Gasteiger partial charge in [-0.3, -0.25) is 14.9 Å². The van der Waals surface area contributed by atoms with Crippen LogP contribution in [-0.4, -0.2) is 40.6 Å². The first-order valence-corrected chi connectivity index (χ1v) is 10.2. The molecule has 11 heteroatoms. The molecule has 0 heterocycles. The summed E-state index contributed by atoms with van der Waals surface area (Å²) in [5.74, 6) is -0.237. The Labute approximate surface area is 150 Å². The van der Waals surface area contributed by atoms with Crippen LogP contribution in [0.4, 0.5) is 11.4 Å². The molecule has 0 aliphatic heterocycles. The first-order chi connectivity index (χ1) is 12.2. The molecule has 2 aromatic rings. The van der Waals surface area contributed by atoms with Crippen LogP contribution in [0, 0.1) is 10.1 Å². The number of carbonyl (C=O) groups is 2. The van der Waals surface area contributed by atoms with Crippen LogP contribution in [0.2, 0.25) is 0 Å². The van der Waals surface area contributed by atoms with Crippen molar-refractivity contribution >= 4 is 42.1 Å². The minimum atomic E-state index is -4.76. The van der Waals surface area contributed by atoms with Gasteiger partial charge in [0, 0.05) is 6.07 Å². The smallest absolute Gasteiger partial charge is 0.279 e. The molecule has 2 aromatic carbocycles. The minimum absolute atomic E-state index is 0.00438. The molecule has 1 amide bonds. The predicted molar refractivity (Wildman–Crippen MR) is 91.2 cm³/mol. The van der Waals surface area contributed by atoms with Crippen LogP contribution >= 0.6 is 0 Å². The van der Waals surface area contributed by atoms with Crippen LogP contribution in [0.25, 0.3) is 0 Å². The molecular formula is C15H15AsN2O8. The average molecular weight is 426 g/mol. The summed E-state index contributed by atoms with van der Waals surface area (Å²) in [6.45, 7) is 1.35. The van der Waals surface area contributed by atoms with E-state index in [0.717, 1.165) is 0 Å². The van der Waals surface area contributed by atoms with Crippen molar-refractivity contribution in [3.63, 3.8) is 0 Å². The zero-order chi connectivity index (χ0) is 19.7. The van der Waals surface area contributed by atoms with Gasteiger partial charge >= 0.3 is 88.4 Å². The number of nitrogens with one attached hydrogen (secondary N) is 1. The molecule has 0 spiro atoms. The van der Waals surface area contributed by atoms with Gasteiger partial charge in [0.15, 0.2) is 6.29 Å².